The number of ether oxygens (including phenoxy) is 1. The summed E-state index contributed by atoms with van der Waals surface area (Å²) in [5.41, 5.74) is 6.00. The van der Waals surface area contributed by atoms with E-state index >= 15 is 0 Å². The second-order valence-corrected chi connectivity index (χ2v) is 5.27. The van der Waals surface area contributed by atoms with E-state index in [0.29, 0.717) is 6.42 Å². The minimum absolute atomic E-state index is 0.0515. The van der Waals surface area contributed by atoms with Crippen molar-refractivity contribution in [1.82, 2.24) is 0 Å². The van der Waals surface area contributed by atoms with Crippen LogP contribution in [0.25, 0.3) is 0 Å². The van der Waals surface area contributed by atoms with Crippen LogP contribution in [0.5, 0.6) is 0 Å². The molecular formula is C11H23NO2. The molecule has 1 atom stereocenters. The maximum absolute atomic E-state index is 11.2. The number of nitrogens with two attached hydrogens (primary N) is 1. The highest BCUT2D eigenvalue weighted by Crippen LogP contribution is 2.21. The molecule has 0 spiro atoms. The van der Waals surface area contributed by atoms with Gasteiger partial charge in [-0.05, 0) is 25.7 Å². The van der Waals surface area contributed by atoms with Crippen molar-refractivity contribution in [2.75, 3.05) is 0 Å². The number of carbonyl (C=O) groups is 1. The second kappa shape index (κ2) is 5.35. The zero-order valence-electron chi connectivity index (χ0n) is 9.96. The molecular weight excluding hydrogens is 178 g/mol. The van der Waals surface area contributed by atoms with Crippen molar-refractivity contribution in [2.24, 2.45) is 11.1 Å². The standard InChI is InChI=1S/C11H23NO2/c1-8(2)14-10(13)6-9(12)7-11(3,4)5/h8-9H,6-7,12H2,1-5H3. The number of hydrogen-bond acceptors (Lipinski definition) is 3. The minimum atomic E-state index is -0.197. The van der Waals surface area contributed by atoms with Crippen molar-refractivity contribution in [3.05, 3.63) is 0 Å². The van der Waals surface area contributed by atoms with Gasteiger partial charge in [0.2, 0.25) is 0 Å². The van der Waals surface area contributed by atoms with Crippen molar-refractivity contribution >= 4 is 5.97 Å². The van der Waals surface area contributed by atoms with Gasteiger partial charge >= 0.3 is 5.97 Å². The number of hydrogen-bond donors (Lipinski definition) is 1. The Labute approximate surface area is 87.0 Å². The first-order chi connectivity index (χ1) is 6.20. The third-order valence-electron chi connectivity index (χ3n) is 1.67. The lowest BCUT2D eigenvalue weighted by Gasteiger charge is -2.22. The average molecular weight is 201 g/mol. The molecule has 3 heteroatoms. The van der Waals surface area contributed by atoms with Gasteiger partial charge in [-0.2, -0.15) is 0 Å². The first kappa shape index (κ1) is 13.4. The summed E-state index contributed by atoms with van der Waals surface area (Å²) in [7, 11) is 0. The molecule has 14 heavy (non-hydrogen) atoms. The first-order valence-electron chi connectivity index (χ1n) is 5.16. The molecule has 0 heterocycles. The molecule has 0 aromatic rings. The van der Waals surface area contributed by atoms with E-state index in [-0.39, 0.29) is 23.5 Å². The van der Waals surface area contributed by atoms with Crippen LogP contribution in [0, 0.1) is 5.41 Å². The lowest BCUT2D eigenvalue weighted by atomic mass is 9.87. The van der Waals surface area contributed by atoms with Crippen molar-refractivity contribution in [3.63, 3.8) is 0 Å². The monoisotopic (exact) mass is 201 g/mol. The Morgan fingerprint density at radius 2 is 1.86 bits per heavy atom. The van der Waals surface area contributed by atoms with E-state index in [4.69, 9.17) is 10.5 Å². The summed E-state index contributed by atoms with van der Waals surface area (Å²) < 4.78 is 5.02. The van der Waals surface area contributed by atoms with E-state index < -0.39 is 0 Å². The lowest BCUT2D eigenvalue weighted by Crippen LogP contribution is -2.30. The SMILES string of the molecule is CC(C)OC(=O)CC(N)CC(C)(C)C. The highest BCUT2D eigenvalue weighted by Gasteiger charge is 2.19. The Bertz CT molecular complexity index is 182. The lowest BCUT2D eigenvalue weighted by molar-refractivity contribution is -0.147. The minimum Gasteiger partial charge on any atom is -0.463 e. The summed E-state index contributed by atoms with van der Waals surface area (Å²) in [6.45, 7) is 10.0. The van der Waals surface area contributed by atoms with Gasteiger partial charge in [0.15, 0.2) is 0 Å². The van der Waals surface area contributed by atoms with Gasteiger partial charge in [-0.1, -0.05) is 20.8 Å². The predicted octanol–water partition coefficient (Wildman–Crippen LogP) is 2.09. The second-order valence-electron chi connectivity index (χ2n) is 5.27. The van der Waals surface area contributed by atoms with Gasteiger partial charge in [0.25, 0.3) is 0 Å². The van der Waals surface area contributed by atoms with Gasteiger partial charge in [0.1, 0.15) is 0 Å². The van der Waals surface area contributed by atoms with Crippen LogP contribution in [0.1, 0.15) is 47.5 Å². The molecule has 0 saturated carbocycles. The normalized spacial score (nSPS) is 14.2. The van der Waals surface area contributed by atoms with Crippen molar-refractivity contribution in [1.29, 1.82) is 0 Å². The molecule has 0 aliphatic rings. The van der Waals surface area contributed by atoms with Crippen molar-refractivity contribution < 1.29 is 9.53 Å². The zero-order valence-corrected chi connectivity index (χ0v) is 9.96. The van der Waals surface area contributed by atoms with Crippen molar-refractivity contribution in [2.45, 2.75) is 59.6 Å². The fraction of sp³-hybridized carbons (Fsp3) is 0.909. The highest BCUT2D eigenvalue weighted by molar-refractivity contribution is 5.70. The molecule has 1 unspecified atom stereocenters. The van der Waals surface area contributed by atoms with Gasteiger partial charge in [0, 0.05) is 6.04 Å². The van der Waals surface area contributed by atoms with Crippen LogP contribution < -0.4 is 5.73 Å². The predicted molar refractivity (Wildman–Crippen MR) is 57.9 cm³/mol. The maximum atomic E-state index is 11.2. The van der Waals surface area contributed by atoms with E-state index in [1.807, 2.05) is 13.8 Å². The van der Waals surface area contributed by atoms with Crippen molar-refractivity contribution in [3.8, 4) is 0 Å². The summed E-state index contributed by atoms with van der Waals surface area (Å²) in [6, 6.07) is -0.0961. The third-order valence-corrected chi connectivity index (χ3v) is 1.67. The van der Waals surface area contributed by atoms with E-state index in [1.54, 1.807) is 0 Å². The fourth-order valence-corrected chi connectivity index (χ4v) is 1.38. The Morgan fingerprint density at radius 3 is 2.21 bits per heavy atom. The molecule has 0 amide bonds. The smallest absolute Gasteiger partial charge is 0.307 e. The summed E-state index contributed by atoms with van der Waals surface area (Å²) >= 11 is 0. The number of rotatable bonds is 4. The number of esters is 1. The molecule has 0 aliphatic heterocycles. The van der Waals surface area contributed by atoms with E-state index in [9.17, 15) is 4.79 Å². The Hall–Kier alpha value is -0.570. The summed E-state index contributed by atoms with van der Waals surface area (Å²) in [5, 5.41) is 0. The van der Waals surface area contributed by atoms with Crippen LogP contribution >= 0.6 is 0 Å². The van der Waals surface area contributed by atoms with Crippen LogP contribution in [0.15, 0.2) is 0 Å². The fourth-order valence-electron chi connectivity index (χ4n) is 1.38. The average Bonchev–Trinajstić information content (AvgIpc) is 1.77. The van der Waals surface area contributed by atoms with Gasteiger partial charge in [-0.15, -0.1) is 0 Å². The molecule has 0 fully saturated rings. The Kier molecular flexibility index (Phi) is 5.13. The van der Waals surface area contributed by atoms with Gasteiger partial charge in [0.05, 0.1) is 12.5 Å². The topological polar surface area (TPSA) is 52.3 Å². The summed E-state index contributed by atoms with van der Waals surface area (Å²) in [5.74, 6) is -0.197. The molecule has 2 N–H and O–H groups in total. The molecule has 84 valence electrons. The molecule has 0 saturated heterocycles. The van der Waals surface area contributed by atoms with Gasteiger partial charge < -0.3 is 10.5 Å². The Balaban J connectivity index is 3.83. The van der Waals surface area contributed by atoms with E-state index in [1.165, 1.54) is 0 Å². The molecule has 0 rings (SSSR count). The van der Waals surface area contributed by atoms with Crippen LogP contribution in [0.4, 0.5) is 0 Å². The molecule has 0 aliphatic carbocycles. The summed E-state index contributed by atoms with van der Waals surface area (Å²) in [6.07, 6.45) is 1.10. The van der Waals surface area contributed by atoms with Gasteiger partial charge in [-0.25, -0.2) is 0 Å². The van der Waals surface area contributed by atoms with E-state index in [2.05, 4.69) is 20.8 Å². The van der Waals surface area contributed by atoms with Crippen LogP contribution in [0.2, 0.25) is 0 Å². The van der Waals surface area contributed by atoms with Crippen LogP contribution in [-0.2, 0) is 9.53 Å². The van der Waals surface area contributed by atoms with Crippen LogP contribution in [-0.4, -0.2) is 18.1 Å². The van der Waals surface area contributed by atoms with Crippen LogP contribution in [0.3, 0.4) is 0 Å². The molecule has 3 nitrogen and oxygen atoms in total. The quantitative estimate of drug-likeness (QED) is 0.709. The zero-order chi connectivity index (χ0) is 11.4. The Morgan fingerprint density at radius 1 is 1.36 bits per heavy atom. The molecule has 0 radical (unpaired) electrons. The maximum Gasteiger partial charge on any atom is 0.307 e. The highest BCUT2D eigenvalue weighted by atomic mass is 16.5. The van der Waals surface area contributed by atoms with Gasteiger partial charge in [-0.3, -0.25) is 4.79 Å². The number of carbonyl (C=O) groups excluding carboxylic acids is 1. The third kappa shape index (κ3) is 8.05. The molecule has 0 bridgehead atoms. The molecule has 0 aromatic carbocycles. The first-order valence-corrected chi connectivity index (χ1v) is 5.16. The largest absolute Gasteiger partial charge is 0.463 e. The molecule has 0 aromatic heterocycles. The van der Waals surface area contributed by atoms with E-state index in [0.717, 1.165) is 6.42 Å². The summed E-state index contributed by atoms with van der Waals surface area (Å²) in [4.78, 5) is 11.2.